The van der Waals surface area contributed by atoms with Gasteiger partial charge in [-0.3, -0.25) is 0 Å². The fraction of sp³-hybridized carbons (Fsp3) is 0.0392. The van der Waals surface area contributed by atoms with E-state index in [9.17, 15) is 0 Å². The summed E-state index contributed by atoms with van der Waals surface area (Å²) in [6, 6.07) is 52.1. The fourth-order valence-corrected chi connectivity index (χ4v) is 9.83. The molecule has 0 amide bonds. The minimum Gasteiger partial charge on any atom is -0.456 e. The van der Waals surface area contributed by atoms with Crippen LogP contribution in [0.3, 0.4) is 0 Å². The zero-order valence-electron chi connectivity index (χ0n) is 30.1. The quantitative estimate of drug-likeness (QED) is 0.169. The minimum atomic E-state index is 0.0425. The number of thiophene rings is 1. The molecule has 0 spiro atoms. The SMILES string of the molecule is C1=CCC(c2nc(-c3ccc4ccc5ccccc5c4c3)nc(-c3cccc4oc5cccc(-c6ccc7sc8ccc9ccccc9c8c7c6)c5c34)n2)C=C1. The number of benzene rings is 8. The molecule has 1 aliphatic rings. The van der Waals surface area contributed by atoms with Crippen LogP contribution in [0.4, 0.5) is 0 Å². The summed E-state index contributed by atoms with van der Waals surface area (Å²) in [5, 5.41) is 12.0. The molecular formula is C51H31N3OS. The van der Waals surface area contributed by atoms with Gasteiger partial charge < -0.3 is 4.42 Å². The van der Waals surface area contributed by atoms with Gasteiger partial charge in [0.2, 0.25) is 0 Å². The van der Waals surface area contributed by atoms with E-state index in [0.717, 1.165) is 56.4 Å². The monoisotopic (exact) mass is 733 g/mol. The van der Waals surface area contributed by atoms with Crippen LogP contribution in [0.5, 0.6) is 0 Å². The van der Waals surface area contributed by atoms with Crippen LogP contribution in [0.15, 0.2) is 174 Å². The molecule has 12 rings (SSSR count). The van der Waals surface area contributed by atoms with Gasteiger partial charge in [-0.1, -0.05) is 133 Å². The van der Waals surface area contributed by atoms with Crippen LogP contribution in [0.1, 0.15) is 18.2 Å². The van der Waals surface area contributed by atoms with E-state index in [1.54, 1.807) is 0 Å². The Bertz CT molecular complexity index is 3480. The van der Waals surface area contributed by atoms with Crippen molar-refractivity contribution in [1.82, 2.24) is 15.0 Å². The van der Waals surface area contributed by atoms with E-state index in [1.165, 1.54) is 52.5 Å². The summed E-state index contributed by atoms with van der Waals surface area (Å²) in [7, 11) is 0. The molecule has 4 nitrogen and oxygen atoms in total. The highest BCUT2D eigenvalue weighted by Crippen LogP contribution is 2.44. The Balaban J connectivity index is 1.09. The van der Waals surface area contributed by atoms with E-state index in [4.69, 9.17) is 19.4 Å². The molecule has 1 aliphatic carbocycles. The van der Waals surface area contributed by atoms with E-state index < -0.39 is 0 Å². The van der Waals surface area contributed by atoms with Crippen LogP contribution in [-0.4, -0.2) is 15.0 Å². The summed E-state index contributed by atoms with van der Waals surface area (Å²) in [4.78, 5) is 15.7. The number of aromatic nitrogens is 3. The molecule has 262 valence electrons. The van der Waals surface area contributed by atoms with E-state index in [-0.39, 0.29) is 5.92 Å². The first kappa shape index (κ1) is 31.4. The number of rotatable bonds is 4. The Morgan fingerprint density at radius 1 is 0.482 bits per heavy atom. The van der Waals surface area contributed by atoms with E-state index in [1.807, 2.05) is 17.4 Å². The standard InChI is InChI=1S/C51H31N3OS/c1-2-12-33(13-3-1)49-52-50(35-23-22-32-21-20-30-10-4-6-14-36(30)40(32)29-35)54-51(53-49)39-17-9-19-43-48(39)47-38(16-8-18-42(47)55-43)34-25-26-44-41(28-34)46-37-15-7-5-11-31(37)24-27-45(46)56-44/h1-12,14-29,33H,13H2. The first-order valence-corrected chi connectivity index (χ1v) is 19.9. The molecule has 0 saturated heterocycles. The maximum Gasteiger partial charge on any atom is 0.164 e. The van der Waals surface area contributed by atoms with E-state index in [0.29, 0.717) is 11.6 Å². The Hall–Kier alpha value is -6.95. The predicted octanol–water partition coefficient (Wildman–Crippen LogP) is 14.2. The second-order valence-electron chi connectivity index (χ2n) is 14.7. The molecule has 0 N–H and O–H groups in total. The van der Waals surface area contributed by atoms with Gasteiger partial charge in [0.05, 0.1) is 0 Å². The molecule has 3 aromatic heterocycles. The van der Waals surface area contributed by atoms with Crippen molar-refractivity contribution in [3.05, 3.63) is 176 Å². The number of hydrogen-bond acceptors (Lipinski definition) is 5. The molecular weight excluding hydrogens is 703 g/mol. The van der Waals surface area contributed by atoms with Crippen LogP contribution in [0, 0.1) is 0 Å². The molecule has 56 heavy (non-hydrogen) atoms. The predicted molar refractivity (Wildman–Crippen MR) is 234 cm³/mol. The summed E-state index contributed by atoms with van der Waals surface area (Å²) in [5.74, 6) is 2.10. The maximum absolute atomic E-state index is 6.64. The second-order valence-corrected chi connectivity index (χ2v) is 15.7. The number of nitrogens with zero attached hydrogens (tertiary/aromatic N) is 3. The Kier molecular flexibility index (Phi) is 6.89. The number of hydrogen-bond donors (Lipinski definition) is 0. The van der Waals surface area contributed by atoms with E-state index in [2.05, 4.69) is 164 Å². The third-order valence-corrected chi connectivity index (χ3v) is 12.5. The van der Waals surface area contributed by atoms with Crippen LogP contribution in [-0.2, 0) is 0 Å². The van der Waals surface area contributed by atoms with Gasteiger partial charge >= 0.3 is 0 Å². The summed E-state index contributed by atoms with van der Waals surface area (Å²) in [6.45, 7) is 0. The van der Waals surface area contributed by atoms with Crippen LogP contribution in [0.25, 0.3) is 108 Å². The lowest BCUT2D eigenvalue weighted by atomic mass is 9.95. The lowest BCUT2D eigenvalue weighted by Gasteiger charge is -2.15. The lowest BCUT2D eigenvalue weighted by Crippen LogP contribution is -2.08. The summed E-state index contributed by atoms with van der Waals surface area (Å²) < 4.78 is 9.22. The largest absolute Gasteiger partial charge is 0.456 e. The molecule has 3 heterocycles. The second kappa shape index (κ2) is 12.3. The van der Waals surface area contributed by atoms with Gasteiger partial charge in [-0.2, -0.15) is 0 Å². The third-order valence-electron chi connectivity index (χ3n) is 11.4. The first-order chi connectivity index (χ1) is 27.7. The van der Waals surface area contributed by atoms with Crippen molar-refractivity contribution in [1.29, 1.82) is 0 Å². The van der Waals surface area contributed by atoms with Gasteiger partial charge in [-0.05, 0) is 86.3 Å². The normalized spacial score (nSPS) is 14.4. The summed E-state index contributed by atoms with van der Waals surface area (Å²) in [6.07, 6.45) is 9.39. The molecule has 11 aromatic rings. The maximum atomic E-state index is 6.64. The van der Waals surface area contributed by atoms with Crippen molar-refractivity contribution in [3.8, 4) is 33.9 Å². The summed E-state index contributed by atoms with van der Waals surface area (Å²) in [5.41, 5.74) is 5.79. The molecule has 1 atom stereocenters. The van der Waals surface area contributed by atoms with Crippen molar-refractivity contribution in [2.24, 2.45) is 0 Å². The zero-order chi connectivity index (χ0) is 36.7. The molecule has 0 saturated carbocycles. The van der Waals surface area contributed by atoms with Gasteiger partial charge in [0, 0.05) is 48.0 Å². The Morgan fingerprint density at radius 3 is 1.98 bits per heavy atom. The van der Waals surface area contributed by atoms with Gasteiger partial charge in [-0.25, -0.2) is 15.0 Å². The Morgan fingerprint density at radius 2 is 1.14 bits per heavy atom. The fourth-order valence-electron chi connectivity index (χ4n) is 8.73. The molecule has 1 unspecified atom stereocenters. The van der Waals surface area contributed by atoms with Gasteiger partial charge in [-0.15, -0.1) is 11.3 Å². The highest BCUT2D eigenvalue weighted by Gasteiger charge is 2.22. The highest BCUT2D eigenvalue weighted by atomic mass is 32.1. The van der Waals surface area contributed by atoms with Crippen LogP contribution in [0.2, 0.25) is 0 Å². The van der Waals surface area contributed by atoms with Gasteiger partial charge in [0.25, 0.3) is 0 Å². The zero-order valence-corrected chi connectivity index (χ0v) is 30.9. The van der Waals surface area contributed by atoms with E-state index >= 15 is 0 Å². The minimum absolute atomic E-state index is 0.0425. The van der Waals surface area contributed by atoms with Gasteiger partial charge in [0.15, 0.2) is 11.6 Å². The third kappa shape index (κ3) is 4.88. The van der Waals surface area contributed by atoms with Crippen molar-refractivity contribution < 1.29 is 4.42 Å². The van der Waals surface area contributed by atoms with Crippen LogP contribution >= 0.6 is 11.3 Å². The lowest BCUT2D eigenvalue weighted by molar-refractivity contribution is 0.669. The Labute approximate surface area is 325 Å². The molecule has 0 fully saturated rings. The average molecular weight is 734 g/mol. The van der Waals surface area contributed by atoms with Crippen molar-refractivity contribution >= 4 is 85.8 Å². The smallest absolute Gasteiger partial charge is 0.164 e. The average Bonchev–Trinajstić information content (AvgIpc) is 3.85. The molecule has 0 radical (unpaired) electrons. The number of allylic oxidation sites excluding steroid dienone is 4. The first-order valence-electron chi connectivity index (χ1n) is 19.0. The molecule has 0 bridgehead atoms. The van der Waals surface area contributed by atoms with Crippen molar-refractivity contribution in [2.75, 3.05) is 0 Å². The summed E-state index contributed by atoms with van der Waals surface area (Å²) >= 11 is 1.85. The van der Waals surface area contributed by atoms with Gasteiger partial charge in [0.1, 0.15) is 17.0 Å². The topological polar surface area (TPSA) is 51.8 Å². The number of fused-ring (bicyclic) bond motifs is 11. The van der Waals surface area contributed by atoms with Crippen molar-refractivity contribution in [2.45, 2.75) is 12.3 Å². The van der Waals surface area contributed by atoms with Crippen LogP contribution < -0.4 is 0 Å². The molecule has 0 aliphatic heterocycles. The molecule has 8 aromatic carbocycles. The number of furan rings is 1. The molecule has 5 heteroatoms. The highest BCUT2D eigenvalue weighted by molar-refractivity contribution is 7.26. The van der Waals surface area contributed by atoms with Crippen molar-refractivity contribution in [3.63, 3.8) is 0 Å².